The van der Waals surface area contributed by atoms with E-state index in [-0.39, 0.29) is 30.9 Å². The van der Waals surface area contributed by atoms with Crippen molar-refractivity contribution in [3.8, 4) is 0 Å². The second kappa shape index (κ2) is 8.32. The standard InChI is InChI=1S/C18H19F3N8O2/c19-18(20,21)4-3-15(30)22-6-11-5-14-27-12(9-28(14)25-7-11)8-23-17(31)16-24-10-26-29(16)13-1-2-13/h5,7,9-10,13H,1-4,6,8H2,(H,22,30)(H,23,31). The molecule has 4 rings (SSSR count). The van der Waals surface area contributed by atoms with Gasteiger partial charge in [0.2, 0.25) is 11.7 Å². The second-order valence-corrected chi connectivity index (χ2v) is 7.23. The maximum absolute atomic E-state index is 12.4. The number of rotatable bonds is 8. The zero-order valence-electron chi connectivity index (χ0n) is 16.3. The first-order valence-electron chi connectivity index (χ1n) is 9.63. The van der Waals surface area contributed by atoms with Crippen molar-refractivity contribution in [1.29, 1.82) is 0 Å². The molecule has 31 heavy (non-hydrogen) atoms. The smallest absolute Gasteiger partial charge is 0.352 e. The molecule has 1 aliphatic carbocycles. The Labute approximate surface area is 173 Å². The van der Waals surface area contributed by atoms with Gasteiger partial charge in [0.15, 0.2) is 5.65 Å². The SMILES string of the molecule is O=C(CCC(F)(F)F)NCc1cnn2cc(CNC(=O)c3ncnn3C3CC3)nc2c1. The van der Waals surface area contributed by atoms with Gasteiger partial charge in [-0.25, -0.2) is 19.2 Å². The molecule has 0 radical (unpaired) electrons. The largest absolute Gasteiger partial charge is 0.389 e. The summed E-state index contributed by atoms with van der Waals surface area (Å²) < 4.78 is 39.6. The summed E-state index contributed by atoms with van der Waals surface area (Å²) in [6, 6.07) is 1.89. The minimum atomic E-state index is -4.37. The molecule has 1 aliphatic rings. The van der Waals surface area contributed by atoms with E-state index in [9.17, 15) is 22.8 Å². The molecule has 164 valence electrons. The molecular formula is C18H19F3N8O2. The van der Waals surface area contributed by atoms with Gasteiger partial charge in [0.05, 0.1) is 37.1 Å². The zero-order valence-corrected chi connectivity index (χ0v) is 16.3. The number of amides is 2. The van der Waals surface area contributed by atoms with Crippen LogP contribution in [0.1, 0.15) is 53.6 Å². The molecule has 0 bridgehead atoms. The van der Waals surface area contributed by atoms with Crippen molar-refractivity contribution < 1.29 is 22.8 Å². The molecule has 3 aromatic heterocycles. The Kier molecular flexibility index (Phi) is 5.57. The van der Waals surface area contributed by atoms with Crippen LogP contribution in [0.25, 0.3) is 5.65 Å². The number of carbonyl (C=O) groups excluding carboxylic acids is 2. The fourth-order valence-corrected chi connectivity index (χ4v) is 2.94. The van der Waals surface area contributed by atoms with Gasteiger partial charge >= 0.3 is 6.18 Å². The first-order valence-corrected chi connectivity index (χ1v) is 9.63. The minimum Gasteiger partial charge on any atom is -0.352 e. The predicted octanol–water partition coefficient (Wildman–Crippen LogP) is 1.54. The van der Waals surface area contributed by atoms with E-state index in [1.807, 2.05) is 0 Å². The molecule has 1 saturated carbocycles. The maximum Gasteiger partial charge on any atom is 0.389 e. The summed E-state index contributed by atoms with van der Waals surface area (Å²) >= 11 is 0. The lowest BCUT2D eigenvalue weighted by atomic mass is 10.2. The van der Waals surface area contributed by atoms with E-state index in [2.05, 4.69) is 30.8 Å². The van der Waals surface area contributed by atoms with Gasteiger partial charge in [0.1, 0.15) is 6.33 Å². The van der Waals surface area contributed by atoms with Gasteiger partial charge in [0.25, 0.3) is 5.91 Å². The Bertz CT molecular complexity index is 1100. The highest BCUT2D eigenvalue weighted by Gasteiger charge is 2.29. The normalized spacial score (nSPS) is 14.0. The monoisotopic (exact) mass is 436 g/mol. The van der Waals surface area contributed by atoms with Gasteiger partial charge in [-0.3, -0.25) is 9.59 Å². The molecule has 0 aliphatic heterocycles. The third-order valence-electron chi connectivity index (χ3n) is 4.65. The number of hydrogen-bond donors (Lipinski definition) is 2. The summed E-state index contributed by atoms with van der Waals surface area (Å²) in [5.41, 5.74) is 1.63. The van der Waals surface area contributed by atoms with Gasteiger partial charge in [-0.1, -0.05) is 0 Å². The summed E-state index contributed by atoms with van der Waals surface area (Å²) in [5, 5.41) is 13.4. The van der Waals surface area contributed by atoms with Crippen molar-refractivity contribution in [3.63, 3.8) is 0 Å². The molecule has 0 atom stereocenters. The number of hydrogen-bond acceptors (Lipinski definition) is 6. The van der Waals surface area contributed by atoms with Gasteiger partial charge in [0, 0.05) is 13.0 Å². The Hall–Kier alpha value is -3.51. The van der Waals surface area contributed by atoms with E-state index in [4.69, 9.17) is 0 Å². The lowest BCUT2D eigenvalue weighted by molar-refractivity contribution is -0.144. The van der Waals surface area contributed by atoms with Crippen molar-refractivity contribution in [1.82, 2.24) is 40.0 Å². The van der Waals surface area contributed by atoms with E-state index < -0.39 is 24.9 Å². The van der Waals surface area contributed by atoms with Crippen LogP contribution in [0, 0.1) is 0 Å². The fourth-order valence-electron chi connectivity index (χ4n) is 2.94. The number of alkyl halides is 3. The van der Waals surface area contributed by atoms with Crippen LogP contribution in [0.3, 0.4) is 0 Å². The quantitative estimate of drug-likeness (QED) is 0.553. The molecule has 0 spiro atoms. The Balaban J connectivity index is 1.32. The van der Waals surface area contributed by atoms with Crippen LogP contribution < -0.4 is 10.6 Å². The molecule has 1 fully saturated rings. The van der Waals surface area contributed by atoms with E-state index in [1.165, 1.54) is 17.0 Å². The highest BCUT2D eigenvalue weighted by molar-refractivity contribution is 5.90. The van der Waals surface area contributed by atoms with Gasteiger partial charge in [-0.2, -0.15) is 23.4 Å². The molecule has 0 aromatic carbocycles. The summed E-state index contributed by atoms with van der Waals surface area (Å²) in [5.74, 6) is -0.785. The third-order valence-corrected chi connectivity index (χ3v) is 4.65. The molecule has 2 N–H and O–H groups in total. The predicted molar refractivity (Wildman–Crippen MR) is 99.6 cm³/mol. The lowest BCUT2D eigenvalue weighted by Crippen LogP contribution is -2.26. The van der Waals surface area contributed by atoms with E-state index in [1.54, 1.807) is 16.9 Å². The molecule has 2 amide bonds. The fraction of sp³-hybridized carbons (Fsp3) is 0.444. The Morgan fingerprint density at radius 3 is 2.71 bits per heavy atom. The molecule has 13 heteroatoms. The molecule has 3 heterocycles. The number of halogens is 3. The highest BCUT2D eigenvalue weighted by atomic mass is 19.4. The van der Waals surface area contributed by atoms with Crippen LogP contribution in [0.5, 0.6) is 0 Å². The van der Waals surface area contributed by atoms with Crippen molar-refractivity contribution in [2.75, 3.05) is 0 Å². The average molecular weight is 436 g/mol. The summed E-state index contributed by atoms with van der Waals surface area (Å²) in [6.45, 7) is 0.194. The van der Waals surface area contributed by atoms with Crippen LogP contribution in [-0.2, 0) is 17.9 Å². The number of imidazole rings is 1. The molecule has 0 saturated heterocycles. The Morgan fingerprint density at radius 1 is 1.16 bits per heavy atom. The van der Waals surface area contributed by atoms with Gasteiger partial charge in [-0.05, 0) is 24.5 Å². The topological polar surface area (TPSA) is 119 Å². The van der Waals surface area contributed by atoms with Crippen LogP contribution in [0.4, 0.5) is 13.2 Å². The van der Waals surface area contributed by atoms with Crippen LogP contribution >= 0.6 is 0 Å². The molecule has 10 nitrogen and oxygen atoms in total. The Morgan fingerprint density at radius 2 is 1.97 bits per heavy atom. The van der Waals surface area contributed by atoms with Crippen molar-refractivity contribution >= 4 is 17.5 Å². The second-order valence-electron chi connectivity index (χ2n) is 7.23. The first-order chi connectivity index (χ1) is 14.8. The maximum atomic E-state index is 12.4. The van der Waals surface area contributed by atoms with Crippen molar-refractivity contribution in [3.05, 3.63) is 41.9 Å². The molecule has 3 aromatic rings. The van der Waals surface area contributed by atoms with Crippen LogP contribution in [0.2, 0.25) is 0 Å². The third kappa shape index (κ3) is 5.35. The number of fused-ring (bicyclic) bond motifs is 1. The number of nitrogens with one attached hydrogen (secondary N) is 2. The first kappa shape index (κ1) is 20.8. The van der Waals surface area contributed by atoms with Crippen LogP contribution in [0.15, 0.2) is 24.8 Å². The number of nitrogens with zero attached hydrogens (tertiary/aromatic N) is 6. The van der Waals surface area contributed by atoms with Crippen molar-refractivity contribution in [2.24, 2.45) is 0 Å². The zero-order chi connectivity index (χ0) is 22.0. The minimum absolute atomic E-state index is 0.0376. The number of carbonyl (C=O) groups is 2. The summed E-state index contributed by atoms with van der Waals surface area (Å²) in [4.78, 5) is 32.3. The van der Waals surface area contributed by atoms with E-state index in [0.717, 1.165) is 12.8 Å². The van der Waals surface area contributed by atoms with Gasteiger partial charge in [-0.15, -0.1) is 0 Å². The average Bonchev–Trinajstić information content (AvgIpc) is 3.30. The summed E-state index contributed by atoms with van der Waals surface area (Å²) in [6.07, 6.45) is 0.285. The van der Waals surface area contributed by atoms with Crippen molar-refractivity contribution in [2.45, 2.75) is 51.0 Å². The lowest BCUT2D eigenvalue weighted by Gasteiger charge is -2.07. The molecular weight excluding hydrogens is 417 g/mol. The highest BCUT2D eigenvalue weighted by Crippen LogP contribution is 2.34. The number of aromatic nitrogens is 6. The van der Waals surface area contributed by atoms with E-state index in [0.29, 0.717) is 16.9 Å². The summed E-state index contributed by atoms with van der Waals surface area (Å²) in [7, 11) is 0. The van der Waals surface area contributed by atoms with Crippen LogP contribution in [-0.4, -0.2) is 47.4 Å². The molecule has 0 unspecified atom stereocenters. The van der Waals surface area contributed by atoms with E-state index >= 15 is 0 Å². The van der Waals surface area contributed by atoms with Gasteiger partial charge < -0.3 is 10.6 Å².